The van der Waals surface area contributed by atoms with Crippen LogP contribution in [-0.4, -0.2) is 48.2 Å². The molecule has 0 spiro atoms. The van der Waals surface area contributed by atoms with Gasteiger partial charge in [-0.15, -0.1) is 0 Å². The molecule has 232 valence electrons. The molecule has 0 aliphatic heterocycles. The van der Waals surface area contributed by atoms with Crippen LogP contribution in [0.3, 0.4) is 0 Å². The molecule has 2 aromatic carbocycles. The summed E-state index contributed by atoms with van der Waals surface area (Å²) in [6.07, 6.45) is 1.70. The van der Waals surface area contributed by atoms with Crippen molar-refractivity contribution in [2.75, 3.05) is 0 Å². The van der Waals surface area contributed by atoms with Crippen molar-refractivity contribution in [1.29, 1.82) is 0 Å². The molecule has 3 rings (SSSR count). The first-order valence-electron chi connectivity index (χ1n) is 15.0. The number of benzene rings is 2. The summed E-state index contributed by atoms with van der Waals surface area (Å²) in [4.78, 5) is 30.2. The van der Waals surface area contributed by atoms with Crippen LogP contribution in [0, 0.1) is 5.92 Å². The van der Waals surface area contributed by atoms with Gasteiger partial charge in [-0.3, -0.25) is 9.78 Å². The summed E-state index contributed by atoms with van der Waals surface area (Å²) in [5.74, 6) is -1.62. The maximum Gasteiger partial charge on any atom is 0.407 e. The maximum absolute atomic E-state index is 13.1. The van der Waals surface area contributed by atoms with Crippen molar-refractivity contribution >= 4 is 20.4 Å². The number of carbonyl (C=O) groups is 2. The average Bonchev–Trinajstić information content (AvgIpc) is 2.91. The SMILES string of the molecule is CC(C)(C)OC(=O)N[C@@H](Cc1ccccc1)[C@H](CC(Cc1ccc(-c2ccccn2)cc1)C(=O)O)O[Si](C)(C)C(C)(C)C. The third-order valence-corrected chi connectivity index (χ3v) is 12.5. The molecule has 1 aromatic heterocycles. The van der Waals surface area contributed by atoms with Gasteiger partial charge in [0.05, 0.1) is 23.8 Å². The molecule has 1 unspecified atom stereocenters. The van der Waals surface area contributed by atoms with Crippen molar-refractivity contribution in [3.8, 4) is 11.3 Å². The average molecular weight is 605 g/mol. The number of aliphatic carboxylic acids is 1. The van der Waals surface area contributed by atoms with Crippen LogP contribution in [0.1, 0.15) is 59.1 Å². The van der Waals surface area contributed by atoms with Gasteiger partial charge < -0.3 is 19.6 Å². The third kappa shape index (κ3) is 10.6. The molecule has 1 heterocycles. The van der Waals surface area contributed by atoms with Crippen molar-refractivity contribution in [1.82, 2.24) is 10.3 Å². The van der Waals surface area contributed by atoms with Crippen molar-refractivity contribution in [2.24, 2.45) is 5.92 Å². The van der Waals surface area contributed by atoms with Crippen molar-refractivity contribution in [3.05, 3.63) is 90.1 Å². The number of amides is 1. The minimum absolute atomic E-state index is 0.117. The van der Waals surface area contributed by atoms with Gasteiger partial charge in [0.25, 0.3) is 0 Å². The lowest BCUT2D eigenvalue weighted by Gasteiger charge is -2.42. The number of pyridine rings is 1. The van der Waals surface area contributed by atoms with E-state index in [9.17, 15) is 14.7 Å². The normalized spacial score (nSPS) is 14.4. The number of nitrogens with one attached hydrogen (secondary N) is 1. The molecule has 0 radical (unpaired) electrons. The van der Waals surface area contributed by atoms with Gasteiger partial charge in [-0.05, 0) is 81.4 Å². The van der Waals surface area contributed by atoms with Crippen LogP contribution < -0.4 is 5.32 Å². The van der Waals surface area contributed by atoms with Gasteiger partial charge in [-0.1, -0.05) is 81.4 Å². The van der Waals surface area contributed by atoms with Gasteiger partial charge in [-0.25, -0.2) is 4.79 Å². The van der Waals surface area contributed by atoms with Crippen LogP contribution in [-0.2, 0) is 26.8 Å². The third-order valence-electron chi connectivity index (χ3n) is 7.96. The Balaban J connectivity index is 1.94. The van der Waals surface area contributed by atoms with E-state index in [2.05, 4.69) is 44.2 Å². The minimum Gasteiger partial charge on any atom is -0.481 e. The lowest BCUT2D eigenvalue weighted by molar-refractivity contribution is -0.142. The molecule has 1 amide bonds. The molecule has 3 atom stereocenters. The van der Waals surface area contributed by atoms with E-state index in [1.807, 2.05) is 93.6 Å². The van der Waals surface area contributed by atoms with E-state index in [1.54, 1.807) is 6.20 Å². The number of rotatable bonds is 12. The Morgan fingerprint density at radius 3 is 2.00 bits per heavy atom. The Hall–Kier alpha value is -3.49. The number of hydrogen-bond donors (Lipinski definition) is 2. The van der Waals surface area contributed by atoms with Gasteiger partial charge in [0, 0.05) is 11.8 Å². The van der Waals surface area contributed by atoms with E-state index >= 15 is 0 Å². The molecule has 43 heavy (non-hydrogen) atoms. The smallest absolute Gasteiger partial charge is 0.407 e. The van der Waals surface area contributed by atoms with Gasteiger partial charge >= 0.3 is 12.1 Å². The van der Waals surface area contributed by atoms with Crippen LogP contribution in [0.2, 0.25) is 18.1 Å². The predicted molar refractivity (Wildman–Crippen MR) is 174 cm³/mol. The number of carboxylic acid groups (broad SMARTS) is 1. The molecule has 0 bridgehead atoms. The zero-order valence-electron chi connectivity index (χ0n) is 26.9. The Bertz CT molecular complexity index is 1320. The largest absolute Gasteiger partial charge is 0.481 e. The minimum atomic E-state index is -2.38. The highest BCUT2D eigenvalue weighted by Crippen LogP contribution is 2.39. The van der Waals surface area contributed by atoms with Crippen molar-refractivity contribution in [3.63, 3.8) is 0 Å². The molecule has 7 nitrogen and oxygen atoms in total. The summed E-state index contributed by atoms with van der Waals surface area (Å²) >= 11 is 0. The molecular formula is C35H48N2O5Si. The first-order valence-corrected chi connectivity index (χ1v) is 17.9. The fourth-order valence-electron chi connectivity index (χ4n) is 4.63. The Morgan fingerprint density at radius 1 is 0.860 bits per heavy atom. The molecule has 0 fully saturated rings. The highest BCUT2D eigenvalue weighted by atomic mass is 28.4. The zero-order chi connectivity index (χ0) is 31.8. The van der Waals surface area contributed by atoms with E-state index < -0.39 is 44.0 Å². The number of ether oxygens (including phenoxy) is 1. The first kappa shape index (κ1) is 34.0. The van der Waals surface area contributed by atoms with E-state index in [0.29, 0.717) is 12.8 Å². The fraction of sp³-hybridized carbons (Fsp3) is 0.457. The van der Waals surface area contributed by atoms with Gasteiger partial charge in [-0.2, -0.15) is 0 Å². The van der Waals surface area contributed by atoms with Crippen LogP contribution in [0.25, 0.3) is 11.3 Å². The summed E-state index contributed by atoms with van der Waals surface area (Å²) in [5.41, 5.74) is 3.09. The molecular weight excluding hydrogens is 556 g/mol. The zero-order valence-corrected chi connectivity index (χ0v) is 27.9. The van der Waals surface area contributed by atoms with E-state index in [0.717, 1.165) is 22.4 Å². The van der Waals surface area contributed by atoms with Gasteiger partial charge in [0.2, 0.25) is 0 Å². The first-order chi connectivity index (χ1) is 20.0. The van der Waals surface area contributed by atoms with Crippen molar-refractivity contribution < 1.29 is 23.9 Å². The molecule has 0 saturated carbocycles. The van der Waals surface area contributed by atoms with Crippen LogP contribution in [0.4, 0.5) is 4.79 Å². The van der Waals surface area contributed by atoms with Crippen LogP contribution in [0.5, 0.6) is 0 Å². The second kappa shape index (κ2) is 14.3. The lowest BCUT2D eigenvalue weighted by atomic mass is 9.89. The number of aromatic nitrogens is 1. The van der Waals surface area contributed by atoms with E-state index in [1.165, 1.54) is 0 Å². The molecule has 2 N–H and O–H groups in total. The maximum atomic E-state index is 13.1. The molecule has 0 saturated heterocycles. The Kier molecular flexibility index (Phi) is 11.3. The summed E-state index contributed by atoms with van der Waals surface area (Å²) in [5, 5.41) is 13.4. The molecule has 0 aliphatic carbocycles. The van der Waals surface area contributed by atoms with E-state index in [-0.39, 0.29) is 11.5 Å². The number of hydrogen-bond acceptors (Lipinski definition) is 5. The summed E-state index contributed by atoms with van der Waals surface area (Å²) < 4.78 is 12.6. The summed E-state index contributed by atoms with van der Waals surface area (Å²) in [6, 6.07) is 23.0. The number of carboxylic acids is 1. The topological polar surface area (TPSA) is 97.8 Å². The van der Waals surface area contributed by atoms with Crippen LogP contribution >= 0.6 is 0 Å². The highest BCUT2D eigenvalue weighted by Gasteiger charge is 2.42. The number of nitrogens with zero attached hydrogens (tertiary/aromatic N) is 1. The second-order valence-corrected chi connectivity index (χ2v) is 18.5. The molecule has 0 aliphatic rings. The van der Waals surface area contributed by atoms with Crippen molar-refractivity contribution in [2.45, 2.75) is 96.7 Å². The highest BCUT2D eigenvalue weighted by molar-refractivity contribution is 6.74. The second-order valence-electron chi connectivity index (χ2n) is 13.7. The van der Waals surface area contributed by atoms with E-state index in [4.69, 9.17) is 9.16 Å². The van der Waals surface area contributed by atoms with Gasteiger partial charge in [0.15, 0.2) is 8.32 Å². The standard InChI is InChI=1S/C35H48N2O5Si/c1-34(2,3)41-33(40)37-30(23-25-14-10-9-11-15-25)31(42-43(7,8)35(4,5)6)24-28(32(38)39)22-26-17-19-27(20-18-26)29-16-12-13-21-36-29/h9-21,28,30-31H,22-24H2,1-8H3,(H,37,40)(H,38,39)/t28?,30-,31-/m0/s1. The summed E-state index contributed by atoms with van der Waals surface area (Å²) in [7, 11) is -2.38. The van der Waals surface area contributed by atoms with Crippen LogP contribution in [0.15, 0.2) is 79.0 Å². The monoisotopic (exact) mass is 604 g/mol. The Labute approximate surface area is 258 Å². The Morgan fingerprint density at radius 2 is 1.47 bits per heavy atom. The lowest BCUT2D eigenvalue weighted by Crippen LogP contribution is -2.54. The fourth-order valence-corrected chi connectivity index (χ4v) is 6.00. The molecule has 8 heteroatoms. The quantitative estimate of drug-likeness (QED) is 0.204. The number of carbonyl (C=O) groups excluding carboxylic acids is 1. The number of alkyl carbamates (subject to hydrolysis) is 1. The molecule has 3 aromatic rings. The van der Waals surface area contributed by atoms with Gasteiger partial charge in [0.1, 0.15) is 5.60 Å². The summed E-state index contributed by atoms with van der Waals surface area (Å²) in [6.45, 7) is 16.2. The predicted octanol–water partition coefficient (Wildman–Crippen LogP) is 7.91.